The molecule has 1 atom stereocenters. The lowest BCUT2D eigenvalue weighted by Crippen LogP contribution is -2.27. The molecule has 0 saturated carbocycles. The molecule has 0 fully saturated rings. The standard InChI is InChI=1S/C19H17N3O3S/c1-10(11-2-4-14-13(6-11)8-17(23)21-14)20-19(25)12-3-5-16-15(7-12)22-18(24)9-26-16/h2-7,10H,8-9H2,1H3,(H,20,25)(H,21,23)(H,22,24). The molecular weight excluding hydrogens is 350 g/mol. The topological polar surface area (TPSA) is 87.3 Å². The van der Waals surface area contributed by atoms with Crippen LogP contribution in [0.1, 0.15) is 34.5 Å². The van der Waals surface area contributed by atoms with Crippen LogP contribution in [0.25, 0.3) is 0 Å². The largest absolute Gasteiger partial charge is 0.346 e. The maximum atomic E-state index is 12.6. The number of fused-ring (bicyclic) bond motifs is 2. The highest BCUT2D eigenvalue weighted by Gasteiger charge is 2.21. The molecule has 0 radical (unpaired) electrons. The second-order valence-electron chi connectivity index (χ2n) is 6.38. The van der Waals surface area contributed by atoms with Crippen LogP contribution in [0, 0.1) is 0 Å². The minimum absolute atomic E-state index is 0.0113. The number of hydrogen-bond acceptors (Lipinski definition) is 4. The number of carbonyl (C=O) groups excluding carboxylic acids is 3. The summed E-state index contributed by atoms with van der Waals surface area (Å²) in [6.07, 6.45) is 0.367. The fraction of sp³-hybridized carbons (Fsp3) is 0.211. The lowest BCUT2D eigenvalue weighted by Gasteiger charge is -2.18. The monoisotopic (exact) mass is 367 g/mol. The summed E-state index contributed by atoms with van der Waals surface area (Å²) < 4.78 is 0. The second kappa shape index (κ2) is 6.49. The molecule has 3 amide bonds. The van der Waals surface area contributed by atoms with Crippen LogP contribution in [0.5, 0.6) is 0 Å². The molecule has 4 rings (SSSR count). The lowest BCUT2D eigenvalue weighted by atomic mass is 10.0. The fourth-order valence-electron chi connectivity index (χ4n) is 3.11. The number of benzene rings is 2. The van der Waals surface area contributed by atoms with Gasteiger partial charge in [0.05, 0.1) is 23.9 Å². The Balaban J connectivity index is 1.50. The van der Waals surface area contributed by atoms with E-state index in [4.69, 9.17) is 0 Å². The number of amides is 3. The van der Waals surface area contributed by atoms with Crippen molar-refractivity contribution in [2.45, 2.75) is 24.3 Å². The summed E-state index contributed by atoms with van der Waals surface area (Å²) in [6.45, 7) is 1.90. The molecule has 1 unspecified atom stereocenters. The normalized spacial score (nSPS) is 16.2. The first kappa shape index (κ1) is 16.7. The van der Waals surface area contributed by atoms with Gasteiger partial charge in [-0.15, -0.1) is 11.8 Å². The van der Waals surface area contributed by atoms with Crippen LogP contribution >= 0.6 is 11.8 Å². The van der Waals surface area contributed by atoms with E-state index in [9.17, 15) is 14.4 Å². The van der Waals surface area contributed by atoms with Gasteiger partial charge in [0, 0.05) is 16.1 Å². The van der Waals surface area contributed by atoms with Gasteiger partial charge in [-0.25, -0.2) is 0 Å². The molecular formula is C19H17N3O3S. The van der Waals surface area contributed by atoms with Crippen LogP contribution in [-0.4, -0.2) is 23.5 Å². The van der Waals surface area contributed by atoms with E-state index in [0.29, 0.717) is 23.4 Å². The minimum atomic E-state index is -0.208. The van der Waals surface area contributed by atoms with Gasteiger partial charge < -0.3 is 16.0 Å². The van der Waals surface area contributed by atoms with Gasteiger partial charge in [-0.1, -0.05) is 12.1 Å². The number of hydrogen-bond donors (Lipinski definition) is 3. The van der Waals surface area contributed by atoms with Gasteiger partial charge in [-0.3, -0.25) is 14.4 Å². The number of nitrogens with one attached hydrogen (secondary N) is 3. The Bertz CT molecular complexity index is 942. The van der Waals surface area contributed by atoms with Crippen molar-refractivity contribution in [1.29, 1.82) is 0 Å². The third kappa shape index (κ3) is 3.17. The van der Waals surface area contributed by atoms with Gasteiger partial charge in [0.25, 0.3) is 5.91 Å². The molecule has 2 aliphatic rings. The lowest BCUT2D eigenvalue weighted by molar-refractivity contribution is -0.115. The van der Waals surface area contributed by atoms with Gasteiger partial charge in [0.15, 0.2) is 0 Å². The second-order valence-corrected chi connectivity index (χ2v) is 7.40. The average Bonchev–Trinajstić information content (AvgIpc) is 3.00. The van der Waals surface area contributed by atoms with Gasteiger partial charge in [-0.05, 0) is 42.3 Å². The van der Waals surface area contributed by atoms with Crippen LogP contribution in [0.2, 0.25) is 0 Å². The Morgan fingerprint density at radius 1 is 1.08 bits per heavy atom. The van der Waals surface area contributed by atoms with Gasteiger partial charge >= 0.3 is 0 Å². The van der Waals surface area contributed by atoms with Crippen molar-refractivity contribution in [3.8, 4) is 0 Å². The molecule has 26 heavy (non-hydrogen) atoms. The smallest absolute Gasteiger partial charge is 0.251 e. The Hall–Kier alpha value is -2.80. The molecule has 2 aliphatic heterocycles. The van der Waals surface area contributed by atoms with Crippen molar-refractivity contribution >= 4 is 40.9 Å². The highest BCUT2D eigenvalue weighted by molar-refractivity contribution is 8.00. The van der Waals surface area contributed by atoms with Crippen LogP contribution in [0.3, 0.4) is 0 Å². The molecule has 3 N–H and O–H groups in total. The summed E-state index contributed by atoms with van der Waals surface area (Å²) >= 11 is 1.46. The van der Waals surface area contributed by atoms with Crippen LogP contribution in [0.4, 0.5) is 11.4 Å². The Morgan fingerprint density at radius 3 is 2.73 bits per heavy atom. The summed E-state index contributed by atoms with van der Waals surface area (Å²) in [4.78, 5) is 36.5. The SMILES string of the molecule is CC(NC(=O)c1ccc2c(c1)NC(=O)CS2)c1ccc2c(c1)CC(=O)N2. The molecule has 0 aromatic heterocycles. The maximum absolute atomic E-state index is 12.6. The third-order valence-electron chi connectivity index (χ3n) is 4.48. The first-order chi connectivity index (χ1) is 12.5. The summed E-state index contributed by atoms with van der Waals surface area (Å²) in [7, 11) is 0. The van der Waals surface area contributed by atoms with Gasteiger partial charge in [0.1, 0.15) is 0 Å². The van der Waals surface area contributed by atoms with Crippen LogP contribution < -0.4 is 16.0 Å². The van der Waals surface area contributed by atoms with E-state index in [1.807, 2.05) is 31.2 Å². The van der Waals surface area contributed by atoms with E-state index in [0.717, 1.165) is 21.7 Å². The predicted molar refractivity (Wildman–Crippen MR) is 100 cm³/mol. The fourth-order valence-corrected chi connectivity index (χ4v) is 3.89. The summed E-state index contributed by atoms with van der Waals surface area (Å²) in [5, 5.41) is 8.56. The van der Waals surface area contributed by atoms with Crippen molar-refractivity contribution in [3.63, 3.8) is 0 Å². The highest BCUT2D eigenvalue weighted by atomic mass is 32.2. The van der Waals surface area contributed by atoms with Crippen molar-refractivity contribution in [2.75, 3.05) is 16.4 Å². The van der Waals surface area contributed by atoms with E-state index < -0.39 is 0 Å². The molecule has 2 heterocycles. The zero-order chi connectivity index (χ0) is 18.3. The van der Waals surface area contributed by atoms with Gasteiger partial charge in [0.2, 0.25) is 11.8 Å². The average molecular weight is 367 g/mol. The van der Waals surface area contributed by atoms with E-state index in [-0.39, 0.29) is 23.8 Å². The van der Waals surface area contributed by atoms with E-state index in [1.165, 1.54) is 11.8 Å². The predicted octanol–water partition coefficient (Wildman–Crippen LogP) is 2.72. The van der Waals surface area contributed by atoms with Crippen molar-refractivity contribution < 1.29 is 14.4 Å². The molecule has 2 aromatic carbocycles. The molecule has 0 bridgehead atoms. The van der Waals surface area contributed by atoms with E-state index in [1.54, 1.807) is 12.1 Å². The molecule has 6 nitrogen and oxygen atoms in total. The maximum Gasteiger partial charge on any atom is 0.251 e. The van der Waals surface area contributed by atoms with E-state index >= 15 is 0 Å². The van der Waals surface area contributed by atoms with Crippen LogP contribution in [0.15, 0.2) is 41.3 Å². The van der Waals surface area contributed by atoms with Crippen LogP contribution in [-0.2, 0) is 16.0 Å². The molecule has 0 aliphatic carbocycles. The molecule has 0 saturated heterocycles. The minimum Gasteiger partial charge on any atom is -0.346 e. The highest BCUT2D eigenvalue weighted by Crippen LogP contribution is 2.32. The summed E-state index contributed by atoms with van der Waals surface area (Å²) in [6, 6.07) is 10.8. The number of rotatable bonds is 3. The van der Waals surface area contributed by atoms with Crippen molar-refractivity contribution in [2.24, 2.45) is 0 Å². The molecule has 0 spiro atoms. The number of anilines is 2. The Kier molecular flexibility index (Phi) is 4.16. The first-order valence-electron chi connectivity index (χ1n) is 8.30. The number of thioether (sulfide) groups is 1. The van der Waals surface area contributed by atoms with E-state index in [2.05, 4.69) is 16.0 Å². The first-order valence-corrected chi connectivity index (χ1v) is 9.28. The van der Waals surface area contributed by atoms with Crippen molar-refractivity contribution in [1.82, 2.24) is 5.32 Å². The Labute approximate surface area is 154 Å². The van der Waals surface area contributed by atoms with Gasteiger partial charge in [-0.2, -0.15) is 0 Å². The zero-order valence-corrected chi connectivity index (χ0v) is 14.9. The quantitative estimate of drug-likeness (QED) is 0.778. The zero-order valence-electron chi connectivity index (χ0n) is 14.1. The molecule has 7 heteroatoms. The summed E-state index contributed by atoms with van der Waals surface area (Å²) in [5.74, 6) is 0.114. The molecule has 2 aromatic rings. The third-order valence-corrected chi connectivity index (χ3v) is 5.55. The molecule has 132 valence electrons. The van der Waals surface area contributed by atoms with Crippen molar-refractivity contribution in [3.05, 3.63) is 53.1 Å². The summed E-state index contributed by atoms with van der Waals surface area (Å²) in [5.41, 5.74) is 3.89. The number of carbonyl (C=O) groups is 3. The Morgan fingerprint density at radius 2 is 1.88 bits per heavy atom.